The maximum Gasteiger partial charge on any atom is 0.345 e. The van der Waals surface area contributed by atoms with E-state index in [9.17, 15) is 13.2 Å². The number of hydrogen-bond donors (Lipinski definition) is 1. The van der Waals surface area contributed by atoms with Crippen molar-refractivity contribution >= 4 is 43.3 Å². The summed E-state index contributed by atoms with van der Waals surface area (Å²) in [6.45, 7) is 0.544. The minimum Gasteiger partial charge on any atom is -0.477 e. The lowest BCUT2D eigenvalue weighted by molar-refractivity contribution is 0.0702. The van der Waals surface area contributed by atoms with Crippen molar-refractivity contribution in [2.45, 2.75) is 43.0 Å². The predicted octanol–water partition coefficient (Wildman–Crippen LogP) is 3.16. The standard InChI is InChI=1S/C13H16BrNO4S2/c14-12-11(7-10(20-12)13(16)17)21(18,19)15-6-5-8-3-1-2-4-9(8)15/h7-9H,1-6H2,(H,16,17). The van der Waals surface area contributed by atoms with Crippen LogP contribution in [0.3, 0.4) is 0 Å². The summed E-state index contributed by atoms with van der Waals surface area (Å²) in [5.74, 6) is -0.635. The number of carbonyl (C=O) groups is 1. The van der Waals surface area contributed by atoms with Crippen molar-refractivity contribution in [1.82, 2.24) is 4.31 Å². The number of sulfonamides is 1. The van der Waals surface area contributed by atoms with Crippen molar-refractivity contribution in [3.8, 4) is 0 Å². The molecular formula is C13H16BrNO4S2. The monoisotopic (exact) mass is 393 g/mol. The predicted molar refractivity (Wildman–Crippen MR) is 83.2 cm³/mol. The Labute approximate surface area is 136 Å². The van der Waals surface area contributed by atoms with E-state index in [4.69, 9.17) is 5.11 Å². The third-order valence-corrected chi connectivity index (χ3v) is 8.58. The van der Waals surface area contributed by atoms with Crippen molar-refractivity contribution < 1.29 is 18.3 Å². The van der Waals surface area contributed by atoms with Crippen LogP contribution < -0.4 is 0 Å². The van der Waals surface area contributed by atoms with Crippen molar-refractivity contribution in [3.05, 3.63) is 14.7 Å². The van der Waals surface area contributed by atoms with E-state index in [2.05, 4.69) is 15.9 Å². The molecule has 2 unspecified atom stereocenters. The van der Waals surface area contributed by atoms with Gasteiger partial charge in [-0.2, -0.15) is 4.31 Å². The van der Waals surface area contributed by atoms with E-state index in [1.165, 1.54) is 12.5 Å². The minimum atomic E-state index is -3.62. The number of thiophene rings is 1. The van der Waals surface area contributed by atoms with E-state index >= 15 is 0 Å². The molecule has 2 fully saturated rings. The van der Waals surface area contributed by atoms with Crippen LogP contribution in [0.2, 0.25) is 0 Å². The van der Waals surface area contributed by atoms with Crippen LogP contribution in [0.5, 0.6) is 0 Å². The third kappa shape index (κ3) is 2.67. The van der Waals surface area contributed by atoms with Crippen LogP contribution in [0.4, 0.5) is 0 Å². The van der Waals surface area contributed by atoms with Gasteiger partial charge in [0.2, 0.25) is 10.0 Å². The number of hydrogen-bond acceptors (Lipinski definition) is 4. The number of aromatic carboxylic acids is 1. The summed E-state index contributed by atoms with van der Waals surface area (Å²) < 4.78 is 27.7. The number of halogens is 1. The van der Waals surface area contributed by atoms with Gasteiger partial charge in [0.1, 0.15) is 9.77 Å². The molecule has 1 saturated heterocycles. The van der Waals surface area contributed by atoms with Crippen LogP contribution >= 0.6 is 27.3 Å². The normalized spacial score (nSPS) is 26.7. The van der Waals surface area contributed by atoms with Crippen molar-refractivity contribution in [3.63, 3.8) is 0 Å². The smallest absolute Gasteiger partial charge is 0.345 e. The SMILES string of the molecule is O=C(O)c1cc(S(=O)(=O)N2CCC3CCCCC32)c(Br)s1. The Morgan fingerprint density at radius 3 is 2.71 bits per heavy atom. The fraction of sp³-hybridized carbons (Fsp3) is 0.615. The maximum atomic E-state index is 12.9. The summed E-state index contributed by atoms with van der Waals surface area (Å²) in [6, 6.07) is 1.35. The Kier molecular flexibility index (Phi) is 4.15. The summed E-state index contributed by atoms with van der Waals surface area (Å²) in [5.41, 5.74) is 0. The minimum absolute atomic E-state index is 0.0415. The van der Waals surface area contributed by atoms with Crippen LogP contribution in [-0.4, -0.2) is 36.4 Å². The lowest BCUT2D eigenvalue weighted by Crippen LogP contribution is -2.39. The highest BCUT2D eigenvalue weighted by Gasteiger charge is 2.43. The molecule has 0 radical (unpaired) electrons. The van der Waals surface area contributed by atoms with Gasteiger partial charge in [0.15, 0.2) is 0 Å². The van der Waals surface area contributed by atoms with Gasteiger partial charge in [0, 0.05) is 12.6 Å². The first-order chi connectivity index (χ1) is 9.91. The number of rotatable bonds is 3. The van der Waals surface area contributed by atoms with Gasteiger partial charge in [0.05, 0.1) is 3.79 Å². The molecule has 2 aliphatic rings. The maximum absolute atomic E-state index is 12.9. The summed E-state index contributed by atoms with van der Waals surface area (Å²) >= 11 is 4.15. The molecule has 1 aliphatic carbocycles. The van der Waals surface area contributed by atoms with Gasteiger partial charge in [0.25, 0.3) is 0 Å². The Hall–Kier alpha value is -0.440. The number of carboxylic acids is 1. The van der Waals surface area contributed by atoms with E-state index in [0.717, 1.165) is 37.0 Å². The first-order valence-corrected chi connectivity index (χ1v) is 10.0. The molecule has 5 nitrogen and oxygen atoms in total. The first-order valence-electron chi connectivity index (χ1n) is 6.95. The van der Waals surface area contributed by atoms with Crippen LogP contribution in [0, 0.1) is 5.92 Å². The highest BCUT2D eigenvalue weighted by molar-refractivity contribution is 9.11. The Morgan fingerprint density at radius 1 is 1.33 bits per heavy atom. The lowest BCUT2D eigenvalue weighted by atomic mass is 9.86. The zero-order valence-corrected chi connectivity index (χ0v) is 14.5. The van der Waals surface area contributed by atoms with Crippen molar-refractivity contribution in [2.75, 3.05) is 6.54 Å². The average Bonchev–Trinajstić information content (AvgIpc) is 3.02. The highest BCUT2D eigenvalue weighted by Crippen LogP contribution is 2.41. The molecule has 116 valence electrons. The fourth-order valence-corrected chi connectivity index (χ4v) is 7.51. The zero-order valence-electron chi connectivity index (χ0n) is 11.3. The Bertz CT molecular complexity index is 670. The number of fused-ring (bicyclic) bond motifs is 1. The van der Waals surface area contributed by atoms with Crippen molar-refractivity contribution in [1.29, 1.82) is 0 Å². The molecular weight excluding hydrogens is 378 g/mol. The second-order valence-electron chi connectivity index (χ2n) is 5.57. The van der Waals surface area contributed by atoms with Gasteiger partial charge >= 0.3 is 5.97 Å². The molecule has 2 atom stereocenters. The first kappa shape index (κ1) is 15.5. The lowest BCUT2D eigenvalue weighted by Gasteiger charge is -2.30. The second-order valence-corrected chi connectivity index (χ2v) is 9.80. The van der Waals surface area contributed by atoms with Crippen LogP contribution in [0.1, 0.15) is 41.8 Å². The Morgan fingerprint density at radius 2 is 2.05 bits per heavy atom. The molecule has 1 aliphatic heterocycles. The molecule has 1 aromatic heterocycles. The Balaban J connectivity index is 1.95. The van der Waals surface area contributed by atoms with E-state index in [-0.39, 0.29) is 15.8 Å². The van der Waals surface area contributed by atoms with E-state index < -0.39 is 16.0 Å². The molecule has 0 aromatic carbocycles. The quantitative estimate of drug-likeness (QED) is 0.855. The molecule has 0 amide bonds. The van der Waals surface area contributed by atoms with Gasteiger partial charge in [-0.1, -0.05) is 12.8 Å². The highest BCUT2D eigenvalue weighted by atomic mass is 79.9. The summed E-state index contributed by atoms with van der Waals surface area (Å²) in [7, 11) is -3.62. The van der Waals surface area contributed by atoms with Gasteiger partial charge in [-0.15, -0.1) is 11.3 Å². The summed E-state index contributed by atoms with van der Waals surface area (Å²) in [4.78, 5) is 11.2. The molecule has 1 aromatic rings. The van der Waals surface area contributed by atoms with Gasteiger partial charge in [-0.25, -0.2) is 13.2 Å². The topological polar surface area (TPSA) is 74.7 Å². The molecule has 1 saturated carbocycles. The zero-order chi connectivity index (χ0) is 15.2. The van der Waals surface area contributed by atoms with Gasteiger partial charge in [-0.05, 0) is 47.2 Å². The van der Waals surface area contributed by atoms with Crippen LogP contribution in [0.25, 0.3) is 0 Å². The van der Waals surface area contributed by atoms with Crippen LogP contribution in [0.15, 0.2) is 14.7 Å². The molecule has 0 bridgehead atoms. The average molecular weight is 394 g/mol. The molecule has 21 heavy (non-hydrogen) atoms. The molecule has 2 heterocycles. The molecule has 0 spiro atoms. The van der Waals surface area contributed by atoms with E-state index in [0.29, 0.717) is 16.2 Å². The molecule has 3 rings (SSSR count). The van der Waals surface area contributed by atoms with Crippen LogP contribution in [-0.2, 0) is 10.0 Å². The summed E-state index contributed by atoms with van der Waals surface area (Å²) in [5, 5.41) is 9.02. The second kappa shape index (κ2) is 5.64. The van der Waals surface area contributed by atoms with Gasteiger partial charge < -0.3 is 5.11 Å². The third-order valence-electron chi connectivity index (χ3n) is 4.41. The number of carboxylic acid groups (broad SMARTS) is 1. The largest absolute Gasteiger partial charge is 0.477 e. The van der Waals surface area contributed by atoms with Crippen molar-refractivity contribution in [2.24, 2.45) is 5.92 Å². The van der Waals surface area contributed by atoms with E-state index in [1.54, 1.807) is 4.31 Å². The fourth-order valence-electron chi connectivity index (χ4n) is 3.42. The molecule has 8 heteroatoms. The van der Waals surface area contributed by atoms with Gasteiger partial charge in [-0.3, -0.25) is 0 Å². The van der Waals surface area contributed by atoms with E-state index in [1.807, 2.05) is 0 Å². The summed E-state index contributed by atoms with van der Waals surface area (Å²) in [6.07, 6.45) is 5.18. The molecule has 1 N–H and O–H groups in total. The number of nitrogens with zero attached hydrogens (tertiary/aromatic N) is 1.